The quantitative estimate of drug-likeness (QED) is 0.883. The van der Waals surface area contributed by atoms with E-state index in [2.05, 4.69) is 21.2 Å². The summed E-state index contributed by atoms with van der Waals surface area (Å²) in [6.45, 7) is 1.93. The van der Waals surface area contributed by atoms with Crippen molar-refractivity contribution in [1.29, 1.82) is 0 Å². The Morgan fingerprint density at radius 3 is 2.68 bits per heavy atom. The van der Waals surface area contributed by atoms with Gasteiger partial charge in [0.15, 0.2) is 0 Å². The van der Waals surface area contributed by atoms with E-state index in [0.717, 1.165) is 10.0 Å². The minimum atomic E-state index is -1.17. The second-order valence-corrected chi connectivity index (χ2v) is 4.91. The molecule has 5 heteroatoms. The zero-order chi connectivity index (χ0) is 14.0. The van der Waals surface area contributed by atoms with Gasteiger partial charge in [-0.15, -0.1) is 0 Å². The highest BCUT2D eigenvalue weighted by atomic mass is 79.9. The number of hydrogen-bond donors (Lipinski definition) is 2. The molecule has 0 amide bonds. The van der Waals surface area contributed by atoms with Crippen LogP contribution in [0.25, 0.3) is 0 Å². The zero-order valence-electron chi connectivity index (χ0n) is 10.1. The molecule has 0 fully saturated rings. The molecule has 0 atom stereocenters. The van der Waals surface area contributed by atoms with Crippen LogP contribution >= 0.6 is 15.9 Å². The van der Waals surface area contributed by atoms with Gasteiger partial charge in [-0.25, -0.2) is 9.18 Å². The fourth-order valence-electron chi connectivity index (χ4n) is 1.64. The first kappa shape index (κ1) is 13.5. The molecule has 0 bridgehead atoms. The van der Waals surface area contributed by atoms with Gasteiger partial charge in [-0.2, -0.15) is 0 Å². The molecule has 3 nitrogen and oxygen atoms in total. The lowest BCUT2D eigenvalue weighted by atomic mass is 10.1. The summed E-state index contributed by atoms with van der Waals surface area (Å²) in [6.07, 6.45) is 0. The van der Waals surface area contributed by atoms with Gasteiger partial charge in [0.2, 0.25) is 0 Å². The van der Waals surface area contributed by atoms with E-state index >= 15 is 0 Å². The number of aromatic carboxylic acids is 1. The minimum absolute atomic E-state index is 0.0363. The molecule has 0 spiro atoms. The smallest absolute Gasteiger partial charge is 0.337 e. The molecule has 0 aliphatic carbocycles. The Morgan fingerprint density at radius 2 is 2.05 bits per heavy atom. The number of anilines is 2. The van der Waals surface area contributed by atoms with Crippen LogP contribution in [-0.2, 0) is 0 Å². The summed E-state index contributed by atoms with van der Waals surface area (Å²) >= 11 is 3.38. The van der Waals surface area contributed by atoms with E-state index in [0.29, 0.717) is 5.69 Å². The number of hydrogen-bond acceptors (Lipinski definition) is 2. The van der Waals surface area contributed by atoms with E-state index in [-0.39, 0.29) is 11.3 Å². The Hall–Kier alpha value is -1.88. The molecule has 0 radical (unpaired) electrons. The molecule has 2 rings (SSSR count). The predicted octanol–water partition coefficient (Wildman–Crippen LogP) is 4.34. The predicted molar refractivity (Wildman–Crippen MR) is 75.5 cm³/mol. The van der Waals surface area contributed by atoms with Crippen LogP contribution in [-0.4, -0.2) is 11.1 Å². The van der Waals surface area contributed by atoms with Crippen LogP contribution in [0.2, 0.25) is 0 Å². The molecule has 0 aromatic heterocycles. The van der Waals surface area contributed by atoms with Crippen molar-refractivity contribution >= 4 is 33.3 Å². The molecule has 19 heavy (non-hydrogen) atoms. The molecule has 0 aliphatic heterocycles. The number of para-hydroxylation sites is 1. The van der Waals surface area contributed by atoms with E-state index in [1.807, 2.05) is 13.0 Å². The van der Waals surface area contributed by atoms with Crippen LogP contribution in [0.5, 0.6) is 0 Å². The summed E-state index contributed by atoms with van der Waals surface area (Å²) in [5.74, 6) is -1.77. The zero-order valence-corrected chi connectivity index (χ0v) is 11.7. The monoisotopic (exact) mass is 323 g/mol. The fourth-order valence-corrected chi connectivity index (χ4v) is 2.02. The highest BCUT2D eigenvalue weighted by Gasteiger charge is 2.14. The third-order valence-corrected chi connectivity index (χ3v) is 3.54. The molecule has 0 aliphatic rings. The van der Waals surface area contributed by atoms with E-state index in [1.54, 1.807) is 12.1 Å². The van der Waals surface area contributed by atoms with Crippen molar-refractivity contribution in [3.05, 3.63) is 57.8 Å². The van der Waals surface area contributed by atoms with Crippen molar-refractivity contribution in [1.82, 2.24) is 0 Å². The normalized spacial score (nSPS) is 10.3. The van der Waals surface area contributed by atoms with Crippen LogP contribution < -0.4 is 5.32 Å². The first-order chi connectivity index (χ1) is 8.99. The third-order valence-electron chi connectivity index (χ3n) is 2.69. The summed E-state index contributed by atoms with van der Waals surface area (Å²) in [7, 11) is 0. The average molecular weight is 324 g/mol. The van der Waals surface area contributed by atoms with Crippen LogP contribution in [0, 0.1) is 12.7 Å². The fraction of sp³-hybridized carbons (Fsp3) is 0.0714. The van der Waals surface area contributed by atoms with Crippen molar-refractivity contribution in [2.75, 3.05) is 5.32 Å². The largest absolute Gasteiger partial charge is 0.478 e. The molecular weight excluding hydrogens is 313 g/mol. The van der Waals surface area contributed by atoms with E-state index in [4.69, 9.17) is 5.11 Å². The molecule has 98 valence electrons. The number of nitrogens with one attached hydrogen (secondary N) is 1. The van der Waals surface area contributed by atoms with Gasteiger partial charge in [0.25, 0.3) is 0 Å². The first-order valence-corrected chi connectivity index (χ1v) is 6.33. The van der Waals surface area contributed by atoms with Crippen molar-refractivity contribution in [3.63, 3.8) is 0 Å². The van der Waals surface area contributed by atoms with Crippen LogP contribution in [0.4, 0.5) is 15.8 Å². The first-order valence-electron chi connectivity index (χ1n) is 5.54. The van der Waals surface area contributed by atoms with Gasteiger partial charge >= 0.3 is 5.97 Å². The van der Waals surface area contributed by atoms with Gasteiger partial charge < -0.3 is 10.4 Å². The standard InChI is InChI=1S/C14H11BrFNO2/c1-8-5-6-9(7-11(8)15)17-13-10(14(18)19)3-2-4-12(13)16/h2-7,17H,1H3,(H,18,19). The second kappa shape index (κ2) is 5.40. The number of aryl methyl sites for hydroxylation is 1. The van der Waals surface area contributed by atoms with Gasteiger partial charge in [0.05, 0.1) is 11.3 Å². The van der Waals surface area contributed by atoms with Gasteiger partial charge in [-0.3, -0.25) is 0 Å². The van der Waals surface area contributed by atoms with Gasteiger partial charge in [-0.1, -0.05) is 28.1 Å². The van der Waals surface area contributed by atoms with E-state index in [1.165, 1.54) is 18.2 Å². The topological polar surface area (TPSA) is 49.3 Å². The van der Waals surface area contributed by atoms with Gasteiger partial charge in [0.1, 0.15) is 5.82 Å². The second-order valence-electron chi connectivity index (χ2n) is 4.06. The molecule has 0 unspecified atom stereocenters. The number of halogens is 2. The highest BCUT2D eigenvalue weighted by molar-refractivity contribution is 9.10. The lowest BCUT2D eigenvalue weighted by Gasteiger charge is -2.11. The molecule has 0 saturated carbocycles. The Morgan fingerprint density at radius 1 is 1.32 bits per heavy atom. The summed E-state index contributed by atoms with van der Waals surface area (Å²) < 4.78 is 14.6. The number of benzene rings is 2. The Labute approximate surface area is 118 Å². The lowest BCUT2D eigenvalue weighted by Crippen LogP contribution is -2.04. The number of carboxylic acids is 1. The molecule has 2 N–H and O–H groups in total. The highest BCUT2D eigenvalue weighted by Crippen LogP contribution is 2.27. The Bertz CT molecular complexity index is 643. The van der Waals surface area contributed by atoms with Gasteiger partial charge in [-0.05, 0) is 36.8 Å². The van der Waals surface area contributed by atoms with Crippen molar-refractivity contribution in [2.45, 2.75) is 6.92 Å². The molecular formula is C14H11BrFNO2. The Balaban J connectivity index is 2.42. The molecule has 0 heterocycles. The summed E-state index contributed by atoms with van der Waals surface area (Å²) in [6, 6.07) is 9.34. The number of carbonyl (C=O) groups is 1. The van der Waals surface area contributed by atoms with Crippen molar-refractivity contribution < 1.29 is 14.3 Å². The lowest BCUT2D eigenvalue weighted by molar-refractivity contribution is 0.0697. The third kappa shape index (κ3) is 2.93. The summed E-state index contributed by atoms with van der Waals surface area (Å²) in [4.78, 5) is 11.1. The molecule has 2 aromatic carbocycles. The molecule has 2 aromatic rings. The Kier molecular flexibility index (Phi) is 3.85. The van der Waals surface area contributed by atoms with Crippen molar-refractivity contribution in [3.8, 4) is 0 Å². The summed E-state index contributed by atoms with van der Waals surface area (Å²) in [5, 5.41) is 11.9. The van der Waals surface area contributed by atoms with E-state index < -0.39 is 11.8 Å². The minimum Gasteiger partial charge on any atom is -0.478 e. The SMILES string of the molecule is Cc1ccc(Nc2c(F)cccc2C(=O)O)cc1Br. The van der Waals surface area contributed by atoms with Crippen LogP contribution in [0.1, 0.15) is 15.9 Å². The maximum atomic E-state index is 13.7. The maximum Gasteiger partial charge on any atom is 0.337 e. The maximum absolute atomic E-state index is 13.7. The van der Waals surface area contributed by atoms with Gasteiger partial charge in [0, 0.05) is 10.2 Å². The molecule has 0 saturated heterocycles. The summed E-state index contributed by atoms with van der Waals surface area (Å²) in [5.41, 5.74) is 1.52. The average Bonchev–Trinajstić information content (AvgIpc) is 2.36. The number of carboxylic acid groups (broad SMARTS) is 1. The van der Waals surface area contributed by atoms with E-state index in [9.17, 15) is 9.18 Å². The number of rotatable bonds is 3. The van der Waals surface area contributed by atoms with Crippen LogP contribution in [0.15, 0.2) is 40.9 Å². The van der Waals surface area contributed by atoms with Crippen molar-refractivity contribution in [2.24, 2.45) is 0 Å². The van der Waals surface area contributed by atoms with Crippen LogP contribution in [0.3, 0.4) is 0 Å².